The molecule has 0 aromatic heterocycles. The van der Waals surface area contributed by atoms with E-state index < -0.39 is 11.9 Å². The van der Waals surface area contributed by atoms with Gasteiger partial charge in [0, 0.05) is 12.5 Å². The van der Waals surface area contributed by atoms with Crippen molar-refractivity contribution in [1.82, 2.24) is 5.32 Å². The van der Waals surface area contributed by atoms with E-state index in [1.807, 2.05) is 0 Å². The maximum atomic E-state index is 11.6. The number of rotatable bonds is 5. The highest BCUT2D eigenvalue weighted by Gasteiger charge is 2.19. The molecule has 16 heavy (non-hydrogen) atoms. The van der Waals surface area contributed by atoms with Crippen LogP contribution in [-0.4, -0.2) is 23.9 Å². The highest BCUT2D eigenvalue weighted by Crippen LogP contribution is 2.17. The molecule has 1 atom stereocenters. The molecule has 2 amide bonds. The van der Waals surface area contributed by atoms with Gasteiger partial charge in [0.05, 0.1) is 6.04 Å². The lowest BCUT2D eigenvalue weighted by Crippen LogP contribution is -2.46. The van der Waals surface area contributed by atoms with E-state index in [0.717, 1.165) is 12.8 Å². The van der Waals surface area contributed by atoms with Crippen LogP contribution in [0.25, 0.3) is 0 Å². The van der Waals surface area contributed by atoms with Gasteiger partial charge >= 0.3 is 0 Å². The van der Waals surface area contributed by atoms with E-state index in [9.17, 15) is 9.59 Å². The predicted molar refractivity (Wildman–Crippen MR) is 61.4 cm³/mol. The molecule has 5 nitrogen and oxygen atoms in total. The second-order valence-corrected chi connectivity index (χ2v) is 4.46. The third-order valence-corrected chi connectivity index (χ3v) is 2.99. The number of amides is 2. The molecule has 0 saturated heterocycles. The van der Waals surface area contributed by atoms with E-state index in [0.29, 0.717) is 6.42 Å². The molecule has 0 bridgehead atoms. The summed E-state index contributed by atoms with van der Waals surface area (Å²) in [5.41, 5.74) is 10.7. The minimum Gasteiger partial charge on any atom is -0.370 e. The van der Waals surface area contributed by atoms with E-state index in [1.165, 1.54) is 19.3 Å². The van der Waals surface area contributed by atoms with Gasteiger partial charge in [-0.25, -0.2) is 0 Å². The van der Waals surface area contributed by atoms with E-state index in [-0.39, 0.29) is 18.4 Å². The smallest absolute Gasteiger partial charge is 0.237 e. The van der Waals surface area contributed by atoms with Crippen molar-refractivity contribution in [2.75, 3.05) is 0 Å². The van der Waals surface area contributed by atoms with Gasteiger partial charge in [-0.15, -0.1) is 0 Å². The maximum absolute atomic E-state index is 11.6. The summed E-state index contributed by atoms with van der Waals surface area (Å²) in [7, 11) is 0. The summed E-state index contributed by atoms with van der Waals surface area (Å²) in [6, 6.07) is -0.352. The average Bonchev–Trinajstić information content (AvgIpc) is 2.27. The Kier molecular flexibility index (Phi) is 5.25. The van der Waals surface area contributed by atoms with Gasteiger partial charge in [-0.2, -0.15) is 0 Å². The van der Waals surface area contributed by atoms with Gasteiger partial charge in [0.15, 0.2) is 0 Å². The Morgan fingerprint density at radius 3 is 2.44 bits per heavy atom. The minimum absolute atomic E-state index is 0.159. The molecule has 5 heteroatoms. The Morgan fingerprint density at radius 1 is 1.25 bits per heavy atom. The quantitative estimate of drug-likeness (QED) is 0.618. The normalized spacial score (nSPS) is 19.1. The number of primary amides is 1. The summed E-state index contributed by atoms with van der Waals surface area (Å²) in [5, 5.41) is 2.93. The van der Waals surface area contributed by atoms with Gasteiger partial charge in [0.1, 0.15) is 0 Å². The van der Waals surface area contributed by atoms with Gasteiger partial charge in [0.2, 0.25) is 11.8 Å². The molecule has 1 fully saturated rings. The number of hydrogen-bond acceptors (Lipinski definition) is 3. The van der Waals surface area contributed by atoms with Crippen molar-refractivity contribution >= 4 is 11.8 Å². The summed E-state index contributed by atoms with van der Waals surface area (Å²) >= 11 is 0. The van der Waals surface area contributed by atoms with Crippen molar-refractivity contribution in [3.63, 3.8) is 0 Å². The van der Waals surface area contributed by atoms with Crippen LogP contribution in [-0.2, 0) is 9.59 Å². The van der Waals surface area contributed by atoms with Crippen molar-refractivity contribution in [2.24, 2.45) is 11.5 Å². The van der Waals surface area contributed by atoms with Gasteiger partial charge in [-0.3, -0.25) is 9.59 Å². The number of nitrogens with two attached hydrogens (primary N) is 2. The van der Waals surface area contributed by atoms with Crippen LogP contribution in [0.1, 0.15) is 44.9 Å². The molecule has 1 aliphatic rings. The summed E-state index contributed by atoms with van der Waals surface area (Å²) in [5.74, 6) is -0.575. The molecule has 92 valence electrons. The Labute approximate surface area is 95.9 Å². The molecule has 1 aliphatic carbocycles. The average molecular weight is 227 g/mol. The minimum atomic E-state index is -0.616. The fourth-order valence-corrected chi connectivity index (χ4v) is 1.98. The largest absolute Gasteiger partial charge is 0.370 e. The second-order valence-electron chi connectivity index (χ2n) is 4.46. The zero-order valence-electron chi connectivity index (χ0n) is 9.58. The molecule has 0 heterocycles. The van der Waals surface area contributed by atoms with Crippen LogP contribution < -0.4 is 16.8 Å². The first-order valence-corrected chi connectivity index (χ1v) is 5.94. The molecule has 0 aromatic rings. The van der Waals surface area contributed by atoms with Crippen molar-refractivity contribution in [3.8, 4) is 0 Å². The number of carbonyl (C=O) groups is 2. The lowest BCUT2D eigenvalue weighted by molar-refractivity contribution is -0.123. The first-order valence-electron chi connectivity index (χ1n) is 5.94. The van der Waals surface area contributed by atoms with Crippen molar-refractivity contribution in [1.29, 1.82) is 0 Å². The number of carbonyl (C=O) groups excluding carboxylic acids is 2. The van der Waals surface area contributed by atoms with Gasteiger partial charge in [-0.05, 0) is 19.3 Å². The second kappa shape index (κ2) is 6.48. The van der Waals surface area contributed by atoms with Crippen molar-refractivity contribution in [2.45, 2.75) is 57.0 Å². The van der Waals surface area contributed by atoms with E-state index in [4.69, 9.17) is 11.5 Å². The summed E-state index contributed by atoms with van der Waals surface area (Å²) in [6.07, 6.45) is 6.15. The Balaban J connectivity index is 2.24. The molecular formula is C11H21N3O2. The maximum Gasteiger partial charge on any atom is 0.237 e. The highest BCUT2D eigenvalue weighted by molar-refractivity contribution is 5.82. The molecule has 1 saturated carbocycles. The molecule has 1 rings (SSSR count). The van der Waals surface area contributed by atoms with Crippen molar-refractivity contribution < 1.29 is 9.59 Å². The third kappa shape index (κ3) is 4.61. The SMILES string of the molecule is NC(=O)CCC(N)C(=O)NC1CCCCC1. The molecule has 0 radical (unpaired) electrons. The van der Waals surface area contributed by atoms with Crippen LogP contribution in [0.4, 0.5) is 0 Å². The van der Waals surface area contributed by atoms with Crippen LogP contribution in [0, 0.1) is 0 Å². The first kappa shape index (κ1) is 13.0. The Morgan fingerprint density at radius 2 is 1.88 bits per heavy atom. The molecule has 0 spiro atoms. The van der Waals surface area contributed by atoms with Crippen LogP contribution in [0.5, 0.6) is 0 Å². The van der Waals surface area contributed by atoms with Gasteiger partial charge in [-0.1, -0.05) is 19.3 Å². The van der Waals surface area contributed by atoms with Crippen molar-refractivity contribution in [3.05, 3.63) is 0 Å². The van der Waals surface area contributed by atoms with E-state index in [2.05, 4.69) is 5.32 Å². The Hall–Kier alpha value is -1.10. The fourth-order valence-electron chi connectivity index (χ4n) is 1.98. The fraction of sp³-hybridized carbons (Fsp3) is 0.818. The lowest BCUT2D eigenvalue weighted by Gasteiger charge is -2.24. The van der Waals surface area contributed by atoms with E-state index in [1.54, 1.807) is 0 Å². The summed E-state index contributed by atoms with van der Waals surface area (Å²) < 4.78 is 0. The zero-order chi connectivity index (χ0) is 12.0. The third-order valence-electron chi connectivity index (χ3n) is 2.99. The number of hydrogen-bond donors (Lipinski definition) is 3. The molecule has 5 N–H and O–H groups in total. The summed E-state index contributed by atoms with van der Waals surface area (Å²) in [4.78, 5) is 22.2. The highest BCUT2D eigenvalue weighted by atomic mass is 16.2. The van der Waals surface area contributed by atoms with Crippen LogP contribution >= 0.6 is 0 Å². The molecule has 0 aromatic carbocycles. The van der Waals surface area contributed by atoms with Gasteiger partial charge in [0.25, 0.3) is 0 Å². The lowest BCUT2D eigenvalue weighted by atomic mass is 9.95. The topological polar surface area (TPSA) is 98.2 Å². The van der Waals surface area contributed by atoms with Crippen LogP contribution in [0.2, 0.25) is 0 Å². The molecular weight excluding hydrogens is 206 g/mol. The number of nitrogens with one attached hydrogen (secondary N) is 1. The summed E-state index contributed by atoms with van der Waals surface area (Å²) in [6.45, 7) is 0. The van der Waals surface area contributed by atoms with Crippen LogP contribution in [0.15, 0.2) is 0 Å². The molecule has 0 aliphatic heterocycles. The van der Waals surface area contributed by atoms with Gasteiger partial charge < -0.3 is 16.8 Å². The van der Waals surface area contributed by atoms with E-state index >= 15 is 0 Å². The first-order chi connectivity index (χ1) is 7.59. The Bertz CT molecular complexity index is 250. The molecule has 1 unspecified atom stereocenters. The zero-order valence-corrected chi connectivity index (χ0v) is 9.58. The predicted octanol–water partition coefficient (Wildman–Crippen LogP) is 0.0281. The monoisotopic (exact) mass is 227 g/mol. The standard InChI is InChI=1S/C11H21N3O2/c12-9(6-7-10(13)15)11(16)14-8-4-2-1-3-5-8/h8-9H,1-7,12H2,(H2,13,15)(H,14,16). The van der Waals surface area contributed by atoms with Crippen LogP contribution in [0.3, 0.4) is 0 Å².